The molecule has 1 saturated heterocycles. The summed E-state index contributed by atoms with van der Waals surface area (Å²) in [6.45, 7) is -0.173. The van der Waals surface area contributed by atoms with Crippen molar-refractivity contribution in [1.29, 1.82) is 0 Å². The lowest BCUT2D eigenvalue weighted by atomic mass is 10.1. The molecule has 0 radical (unpaired) electrons. The Morgan fingerprint density at radius 3 is 2.70 bits per heavy atom. The number of benzene rings is 2. The first-order valence-electron chi connectivity index (χ1n) is 8.27. The maximum absolute atomic E-state index is 14.5. The van der Waals surface area contributed by atoms with Crippen LogP contribution in [0.25, 0.3) is 0 Å². The molecule has 0 saturated carbocycles. The first kappa shape index (κ1) is 18.8. The molecule has 1 fully saturated rings. The van der Waals surface area contributed by atoms with Gasteiger partial charge in [-0.25, -0.2) is 13.2 Å². The summed E-state index contributed by atoms with van der Waals surface area (Å²) in [4.78, 5) is 24.8. The number of rotatable bonds is 5. The minimum absolute atomic E-state index is 0.0294. The first-order chi connectivity index (χ1) is 12.9. The van der Waals surface area contributed by atoms with Crippen LogP contribution in [0.1, 0.15) is 12.0 Å². The predicted molar refractivity (Wildman–Crippen MR) is 91.6 cm³/mol. The van der Waals surface area contributed by atoms with Crippen molar-refractivity contribution in [3.63, 3.8) is 0 Å². The van der Waals surface area contributed by atoms with Gasteiger partial charge in [0.05, 0.1) is 11.6 Å². The van der Waals surface area contributed by atoms with Gasteiger partial charge in [0, 0.05) is 32.1 Å². The van der Waals surface area contributed by atoms with Gasteiger partial charge in [0.2, 0.25) is 11.8 Å². The number of carbonyl (C=O) groups is 2. The van der Waals surface area contributed by atoms with Crippen LogP contribution in [0.3, 0.4) is 0 Å². The molecule has 1 atom stereocenters. The number of amides is 2. The number of nitrogens with one attached hydrogen (secondary N) is 1. The lowest BCUT2D eigenvalue weighted by Gasteiger charge is -2.18. The van der Waals surface area contributed by atoms with Crippen molar-refractivity contribution in [2.75, 3.05) is 18.5 Å². The summed E-state index contributed by atoms with van der Waals surface area (Å²) in [7, 11) is 1.44. The van der Waals surface area contributed by atoms with Gasteiger partial charge in [-0.2, -0.15) is 0 Å². The monoisotopic (exact) mass is 378 g/mol. The molecule has 1 N–H and O–H groups in total. The van der Waals surface area contributed by atoms with Gasteiger partial charge in [-0.3, -0.25) is 9.59 Å². The molecule has 2 amide bonds. The molecule has 142 valence electrons. The fourth-order valence-corrected chi connectivity index (χ4v) is 2.94. The normalized spacial score (nSPS) is 16.5. The summed E-state index contributed by atoms with van der Waals surface area (Å²) in [5.41, 5.74) is 0.212. The zero-order valence-electron chi connectivity index (χ0n) is 14.5. The molecule has 27 heavy (non-hydrogen) atoms. The van der Waals surface area contributed by atoms with Crippen LogP contribution in [0.4, 0.5) is 18.9 Å². The highest BCUT2D eigenvalue weighted by Crippen LogP contribution is 2.32. The zero-order chi connectivity index (χ0) is 19.6. The van der Waals surface area contributed by atoms with Gasteiger partial charge in [0.1, 0.15) is 12.4 Å². The fourth-order valence-electron chi connectivity index (χ4n) is 2.94. The summed E-state index contributed by atoms with van der Waals surface area (Å²) in [5.74, 6) is -3.94. The molecule has 3 rings (SSSR count). The van der Waals surface area contributed by atoms with E-state index in [1.807, 2.05) is 0 Å². The Morgan fingerprint density at radius 2 is 2.00 bits per heavy atom. The minimum Gasteiger partial charge on any atom is -0.486 e. The van der Waals surface area contributed by atoms with Crippen molar-refractivity contribution in [3.8, 4) is 5.75 Å². The highest BCUT2D eigenvalue weighted by Gasteiger charge is 2.36. The zero-order valence-corrected chi connectivity index (χ0v) is 14.5. The number of hydrogen-bond donors (Lipinski definition) is 1. The van der Waals surface area contributed by atoms with E-state index in [2.05, 4.69) is 5.32 Å². The van der Waals surface area contributed by atoms with E-state index in [4.69, 9.17) is 4.74 Å². The molecule has 0 unspecified atom stereocenters. The molecule has 5 nitrogen and oxygen atoms in total. The van der Waals surface area contributed by atoms with Gasteiger partial charge in [-0.1, -0.05) is 12.1 Å². The van der Waals surface area contributed by atoms with Gasteiger partial charge in [-0.15, -0.1) is 0 Å². The standard InChI is InChI=1S/C19H17F3N2O3/c1-23-19(26)12-6-18(25)24(9-12)16-7-15(22)17(8-14(16)21)27-10-11-3-2-4-13(20)5-11/h2-5,7-8,12H,6,9-10H2,1H3,(H,23,26)/t12-/m0/s1. The van der Waals surface area contributed by atoms with E-state index in [0.717, 1.165) is 17.0 Å². The predicted octanol–water partition coefficient (Wildman–Crippen LogP) is 2.78. The second-order valence-corrected chi connectivity index (χ2v) is 6.17. The molecule has 2 aromatic carbocycles. The van der Waals surface area contributed by atoms with Crippen molar-refractivity contribution in [1.82, 2.24) is 5.32 Å². The second-order valence-electron chi connectivity index (χ2n) is 6.17. The van der Waals surface area contributed by atoms with Crippen LogP contribution in [0.5, 0.6) is 5.75 Å². The van der Waals surface area contributed by atoms with E-state index >= 15 is 0 Å². The maximum atomic E-state index is 14.5. The fraction of sp³-hybridized carbons (Fsp3) is 0.263. The highest BCUT2D eigenvalue weighted by molar-refractivity contribution is 6.00. The molecule has 0 bridgehead atoms. The number of anilines is 1. The Kier molecular flexibility index (Phi) is 5.34. The molecule has 1 aliphatic rings. The van der Waals surface area contributed by atoms with Crippen LogP contribution in [0.15, 0.2) is 36.4 Å². The van der Waals surface area contributed by atoms with Gasteiger partial charge < -0.3 is 15.0 Å². The Morgan fingerprint density at radius 1 is 1.22 bits per heavy atom. The summed E-state index contributed by atoms with van der Waals surface area (Å²) in [6.07, 6.45) is -0.0709. The Bertz CT molecular complexity index is 888. The van der Waals surface area contributed by atoms with Crippen LogP contribution in [0, 0.1) is 23.4 Å². The van der Waals surface area contributed by atoms with Gasteiger partial charge in [0.15, 0.2) is 17.4 Å². The van der Waals surface area contributed by atoms with Gasteiger partial charge in [-0.05, 0) is 17.7 Å². The SMILES string of the molecule is CNC(=O)[C@H]1CC(=O)N(c2cc(F)c(OCc3cccc(F)c3)cc2F)C1. The lowest BCUT2D eigenvalue weighted by molar-refractivity contribution is -0.125. The molecule has 0 aliphatic carbocycles. The molecular weight excluding hydrogens is 361 g/mol. The Balaban J connectivity index is 1.77. The van der Waals surface area contributed by atoms with E-state index in [1.165, 1.54) is 25.2 Å². The van der Waals surface area contributed by atoms with E-state index in [1.54, 1.807) is 6.07 Å². The third-order valence-electron chi connectivity index (χ3n) is 4.32. The second kappa shape index (κ2) is 7.69. The summed E-state index contributed by atoms with van der Waals surface area (Å²) >= 11 is 0. The number of halogens is 3. The van der Waals surface area contributed by atoms with Gasteiger partial charge >= 0.3 is 0 Å². The molecule has 0 spiro atoms. The number of ether oxygens (including phenoxy) is 1. The van der Waals surface area contributed by atoms with Crippen LogP contribution in [-0.2, 0) is 16.2 Å². The summed E-state index contributed by atoms with van der Waals surface area (Å²) < 4.78 is 47.2. The van der Waals surface area contributed by atoms with E-state index in [9.17, 15) is 22.8 Å². The third kappa shape index (κ3) is 4.05. The van der Waals surface area contributed by atoms with Crippen molar-refractivity contribution in [2.24, 2.45) is 5.92 Å². The lowest BCUT2D eigenvalue weighted by Crippen LogP contribution is -2.31. The Hall–Kier alpha value is -3.03. The van der Waals surface area contributed by atoms with Gasteiger partial charge in [0.25, 0.3) is 0 Å². The van der Waals surface area contributed by atoms with Crippen LogP contribution >= 0.6 is 0 Å². The molecule has 1 aliphatic heterocycles. The first-order valence-corrected chi connectivity index (χ1v) is 8.27. The van der Waals surface area contributed by atoms with Crippen LogP contribution in [0.2, 0.25) is 0 Å². The smallest absolute Gasteiger partial charge is 0.227 e. The molecule has 0 aromatic heterocycles. The summed E-state index contributed by atoms with van der Waals surface area (Å²) in [6, 6.07) is 7.26. The van der Waals surface area contributed by atoms with Crippen LogP contribution < -0.4 is 15.0 Å². The van der Waals surface area contributed by atoms with E-state index in [0.29, 0.717) is 5.56 Å². The van der Waals surface area contributed by atoms with Crippen molar-refractivity contribution in [3.05, 3.63) is 59.4 Å². The molecule has 8 heteroatoms. The summed E-state index contributed by atoms with van der Waals surface area (Å²) in [5, 5.41) is 2.44. The highest BCUT2D eigenvalue weighted by atomic mass is 19.1. The number of hydrogen-bond acceptors (Lipinski definition) is 3. The minimum atomic E-state index is -0.862. The largest absolute Gasteiger partial charge is 0.486 e. The quantitative estimate of drug-likeness (QED) is 0.871. The number of nitrogens with zero attached hydrogens (tertiary/aromatic N) is 1. The van der Waals surface area contributed by atoms with E-state index < -0.39 is 29.3 Å². The molecule has 2 aromatic rings. The van der Waals surface area contributed by atoms with Crippen molar-refractivity contribution in [2.45, 2.75) is 13.0 Å². The van der Waals surface area contributed by atoms with E-state index in [-0.39, 0.29) is 36.9 Å². The van der Waals surface area contributed by atoms with Crippen molar-refractivity contribution >= 4 is 17.5 Å². The van der Waals surface area contributed by atoms with Crippen LogP contribution in [-0.4, -0.2) is 25.4 Å². The maximum Gasteiger partial charge on any atom is 0.227 e. The topological polar surface area (TPSA) is 58.6 Å². The average molecular weight is 378 g/mol. The van der Waals surface area contributed by atoms with Crippen molar-refractivity contribution < 1.29 is 27.5 Å². The number of carbonyl (C=O) groups excluding carboxylic acids is 2. The Labute approximate surface area is 153 Å². The molecular formula is C19H17F3N2O3. The molecule has 1 heterocycles. The average Bonchev–Trinajstić information content (AvgIpc) is 3.03. The third-order valence-corrected chi connectivity index (χ3v) is 4.32.